The zero-order chi connectivity index (χ0) is 31.2. The van der Waals surface area contributed by atoms with Gasteiger partial charge in [-0.05, 0) is 72.0 Å². The summed E-state index contributed by atoms with van der Waals surface area (Å²) < 4.78 is 24.2. The quantitative estimate of drug-likeness (QED) is 0.0589. The normalized spacial score (nSPS) is 11.8. The second-order valence-corrected chi connectivity index (χ2v) is 9.74. The lowest BCUT2D eigenvalue weighted by atomic mass is 10.0. The topological polar surface area (TPSA) is 146 Å². The minimum absolute atomic E-state index is 0.0763. The van der Waals surface area contributed by atoms with E-state index in [4.69, 9.17) is 14.7 Å². The zero-order valence-electron chi connectivity index (χ0n) is 24.1. The summed E-state index contributed by atoms with van der Waals surface area (Å²) in [6, 6.07) is 16.1. The zero-order valence-corrected chi connectivity index (χ0v) is 24.1. The van der Waals surface area contributed by atoms with E-state index in [1.54, 1.807) is 41.9 Å². The Hall–Kier alpha value is -4.90. The van der Waals surface area contributed by atoms with Gasteiger partial charge in [-0.25, -0.2) is 9.87 Å². The van der Waals surface area contributed by atoms with Crippen molar-refractivity contribution in [2.75, 3.05) is 20.8 Å². The fourth-order valence-electron chi connectivity index (χ4n) is 4.29. The molecule has 0 aliphatic rings. The molecule has 5 N–H and O–H groups in total. The number of carbonyl (C=O) groups excluding carboxylic acids is 3. The fraction of sp³-hybridized carbons (Fsp3) is 0.281. The number of rotatable bonds is 15. The van der Waals surface area contributed by atoms with Crippen LogP contribution in [0.15, 0.2) is 66.7 Å². The van der Waals surface area contributed by atoms with Gasteiger partial charge in [0.2, 0.25) is 5.91 Å². The van der Waals surface area contributed by atoms with Gasteiger partial charge in [-0.3, -0.25) is 19.6 Å². The van der Waals surface area contributed by atoms with E-state index in [1.165, 1.54) is 50.6 Å². The number of aromatic hydroxyl groups is 1. The van der Waals surface area contributed by atoms with Gasteiger partial charge in [0.25, 0.3) is 11.8 Å². The second kappa shape index (κ2) is 16.5. The number of phenolic OH excluding ortho intramolecular Hbond substituents is 1. The predicted octanol–water partition coefficient (Wildman–Crippen LogP) is 4.00. The molecule has 0 spiro atoms. The summed E-state index contributed by atoms with van der Waals surface area (Å²) in [7, 11) is 3.06. The molecule has 10 nitrogen and oxygen atoms in total. The number of methoxy groups -OCH3 is 2. The summed E-state index contributed by atoms with van der Waals surface area (Å²) in [6.07, 6.45) is 3.70. The second-order valence-electron chi connectivity index (χ2n) is 9.74. The van der Waals surface area contributed by atoms with Crippen LogP contribution < -0.4 is 25.6 Å². The Labute approximate surface area is 249 Å². The minimum Gasteiger partial charge on any atom is -0.508 e. The number of ether oxygens (including phenoxy) is 2. The maximum Gasteiger partial charge on any atom is 0.266 e. The standard InChI is InChI=1S/C32H36FN3O7/c1-42-26-16-22(17-27(20-26)43-2)18-28(23-9-11-24(33)12-10-23)31(39)34-15-5-3-4-6-30(38)35-29(32(40)36-41)19-21-7-13-25(37)14-8-21/h7-14,16-18,20,29,37,41H,3-6,15,19H2,1-2H3,(H,34,39)(H,35,38)(H,36,40)/b28-18-. The molecule has 43 heavy (non-hydrogen) atoms. The van der Waals surface area contributed by atoms with Crippen molar-refractivity contribution in [2.24, 2.45) is 0 Å². The van der Waals surface area contributed by atoms with Crippen LogP contribution in [0, 0.1) is 5.82 Å². The molecule has 0 heterocycles. The lowest BCUT2D eigenvalue weighted by Crippen LogP contribution is -2.47. The maximum absolute atomic E-state index is 13.6. The van der Waals surface area contributed by atoms with E-state index in [9.17, 15) is 23.9 Å². The van der Waals surface area contributed by atoms with Crippen molar-refractivity contribution in [2.45, 2.75) is 38.1 Å². The third kappa shape index (κ3) is 10.5. The number of benzene rings is 3. The van der Waals surface area contributed by atoms with Gasteiger partial charge in [0.05, 0.1) is 14.2 Å². The van der Waals surface area contributed by atoms with Crippen molar-refractivity contribution < 1.29 is 38.6 Å². The van der Waals surface area contributed by atoms with E-state index in [2.05, 4.69) is 10.6 Å². The molecule has 1 unspecified atom stereocenters. The maximum atomic E-state index is 13.6. The Kier molecular flexibility index (Phi) is 12.5. The summed E-state index contributed by atoms with van der Waals surface area (Å²) >= 11 is 0. The molecule has 0 aliphatic heterocycles. The van der Waals surface area contributed by atoms with Gasteiger partial charge in [-0.15, -0.1) is 0 Å². The first-order valence-electron chi connectivity index (χ1n) is 13.7. The fourth-order valence-corrected chi connectivity index (χ4v) is 4.29. The van der Waals surface area contributed by atoms with E-state index in [0.717, 1.165) is 0 Å². The molecule has 0 radical (unpaired) electrons. The van der Waals surface area contributed by atoms with Gasteiger partial charge >= 0.3 is 0 Å². The highest BCUT2D eigenvalue weighted by Crippen LogP contribution is 2.26. The molecule has 1 atom stereocenters. The SMILES string of the molecule is COc1cc(/C=C(\C(=O)NCCCCCC(=O)NC(Cc2ccc(O)cc2)C(=O)NO)c2ccc(F)cc2)cc(OC)c1. The van der Waals surface area contributed by atoms with Crippen LogP contribution in [0.1, 0.15) is 42.4 Å². The molecule has 0 saturated carbocycles. The van der Waals surface area contributed by atoms with Crippen molar-refractivity contribution in [3.8, 4) is 17.2 Å². The van der Waals surface area contributed by atoms with E-state index >= 15 is 0 Å². The summed E-state index contributed by atoms with van der Waals surface area (Å²) in [5.74, 6) is -0.688. The first kappa shape index (κ1) is 32.6. The summed E-state index contributed by atoms with van der Waals surface area (Å²) in [4.78, 5) is 37.7. The van der Waals surface area contributed by atoms with Crippen molar-refractivity contribution in [3.05, 3.63) is 89.2 Å². The van der Waals surface area contributed by atoms with Gasteiger partial charge < -0.3 is 25.2 Å². The third-order valence-electron chi connectivity index (χ3n) is 6.59. The molecule has 0 aromatic heterocycles. The van der Waals surface area contributed by atoms with Crippen LogP contribution in [-0.2, 0) is 20.8 Å². The Balaban J connectivity index is 1.53. The van der Waals surface area contributed by atoms with Gasteiger partial charge in [0.15, 0.2) is 0 Å². The lowest BCUT2D eigenvalue weighted by molar-refractivity contribution is -0.134. The summed E-state index contributed by atoms with van der Waals surface area (Å²) in [5, 5.41) is 24.0. The summed E-state index contributed by atoms with van der Waals surface area (Å²) in [6.45, 7) is 0.344. The van der Waals surface area contributed by atoms with Crippen LogP contribution in [0.25, 0.3) is 11.6 Å². The molecule has 3 rings (SSSR count). The van der Waals surface area contributed by atoms with Crippen LogP contribution in [0.5, 0.6) is 17.2 Å². The van der Waals surface area contributed by atoms with Gasteiger partial charge in [-0.1, -0.05) is 30.7 Å². The largest absolute Gasteiger partial charge is 0.508 e. The minimum atomic E-state index is -0.984. The van der Waals surface area contributed by atoms with Crippen LogP contribution in [0.2, 0.25) is 0 Å². The number of amides is 3. The molecule has 0 fully saturated rings. The number of nitrogens with one attached hydrogen (secondary N) is 3. The Morgan fingerprint density at radius 2 is 1.56 bits per heavy atom. The molecule has 11 heteroatoms. The third-order valence-corrected chi connectivity index (χ3v) is 6.59. The first-order chi connectivity index (χ1) is 20.7. The van der Waals surface area contributed by atoms with Crippen LogP contribution in [0.3, 0.4) is 0 Å². The molecule has 0 aliphatic carbocycles. The van der Waals surface area contributed by atoms with Gasteiger partial charge in [0, 0.05) is 31.0 Å². The molecular formula is C32H36FN3O7. The number of unbranched alkanes of at least 4 members (excludes halogenated alkanes) is 2. The molecule has 3 amide bonds. The van der Waals surface area contributed by atoms with E-state index in [0.29, 0.717) is 59.6 Å². The Morgan fingerprint density at radius 3 is 2.16 bits per heavy atom. The number of hydroxylamine groups is 1. The smallest absolute Gasteiger partial charge is 0.266 e. The van der Waals surface area contributed by atoms with Crippen LogP contribution in [-0.4, -0.2) is 54.8 Å². The molecule has 3 aromatic rings. The van der Waals surface area contributed by atoms with Crippen molar-refractivity contribution in [1.82, 2.24) is 16.1 Å². The number of hydrogen-bond donors (Lipinski definition) is 5. The average molecular weight is 594 g/mol. The van der Waals surface area contributed by atoms with Crippen molar-refractivity contribution >= 4 is 29.4 Å². The number of carbonyl (C=O) groups is 3. The van der Waals surface area contributed by atoms with E-state index in [1.807, 2.05) is 0 Å². The molecular weight excluding hydrogens is 557 g/mol. The lowest BCUT2D eigenvalue weighted by Gasteiger charge is -2.17. The molecule has 0 saturated heterocycles. The highest BCUT2D eigenvalue weighted by molar-refractivity contribution is 6.24. The number of phenols is 1. The molecule has 0 bridgehead atoms. The van der Waals surface area contributed by atoms with Crippen molar-refractivity contribution in [1.29, 1.82) is 0 Å². The predicted molar refractivity (Wildman–Crippen MR) is 159 cm³/mol. The number of halogens is 1. The van der Waals surface area contributed by atoms with Crippen LogP contribution in [0.4, 0.5) is 4.39 Å². The highest BCUT2D eigenvalue weighted by Gasteiger charge is 2.21. The number of hydrogen-bond acceptors (Lipinski definition) is 7. The van der Waals surface area contributed by atoms with Gasteiger partial charge in [0.1, 0.15) is 29.1 Å². The summed E-state index contributed by atoms with van der Waals surface area (Å²) in [5.41, 5.74) is 3.79. The Bertz CT molecular complexity index is 1390. The van der Waals surface area contributed by atoms with E-state index < -0.39 is 17.8 Å². The Morgan fingerprint density at radius 1 is 0.907 bits per heavy atom. The van der Waals surface area contributed by atoms with Crippen molar-refractivity contribution in [3.63, 3.8) is 0 Å². The van der Waals surface area contributed by atoms with Crippen LogP contribution >= 0.6 is 0 Å². The van der Waals surface area contributed by atoms with E-state index in [-0.39, 0.29) is 30.4 Å². The highest BCUT2D eigenvalue weighted by atomic mass is 19.1. The monoisotopic (exact) mass is 593 g/mol. The molecule has 228 valence electrons. The first-order valence-corrected chi connectivity index (χ1v) is 13.7. The van der Waals surface area contributed by atoms with Gasteiger partial charge in [-0.2, -0.15) is 0 Å². The average Bonchev–Trinajstić information content (AvgIpc) is 3.02. The molecule has 3 aromatic carbocycles.